The smallest absolute Gasteiger partial charge is 0.0659 e. The van der Waals surface area contributed by atoms with Crippen molar-refractivity contribution in [3.63, 3.8) is 0 Å². The van der Waals surface area contributed by atoms with Crippen LogP contribution >= 0.6 is 15.9 Å². The Labute approximate surface area is 87.5 Å². The molecule has 0 heterocycles. The van der Waals surface area contributed by atoms with Gasteiger partial charge in [0.15, 0.2) is 0 Å². The number of hydrogen-bond acceptors (Lipinski definition) is 1. The van der Waals surface area contributed by atoms with Crippen LogP contribution in [-0.4, -0.2) is 0 Å². The molecule has 0 aromatic heterocycles. The maximum atomic E-state index is 8.81. The Kier molecular flexibility index (Phi) is 3.98. The Balaban J connectivity index is 2.74. The van der Waals surface area contributed by atoms with E-state index in [1.807, 2.05) is 25.1 Å². The van der Waals surface area contributed by atoms with Crippen LogP contribution in [0.15, 0.2) is 28.7 Å². The van der Waals surface area contributed by atoms with Crippen molar-refractivity contribution in [2.24, 2.45) is 5.92 Å². The van der Waals surface area contributed by atoms with Gasteiger partial charge in [0.05, 0.1) is 12.0 Å². The highest BCUT2D eigenvalue weighted by Gasteiger charge is 2.07. The second kappa shape index (κ2) is 5.04. The SMILES string of the molecule is CCC(C#N)Cc1ccccc1Br. The molecule has 0 aliphatic heterocycles. The fourth-order valence-electron chi connectivity index (χ4n) is 1.21. The predicted molar refractivity (Wildman–Crippen MR) is 57.2 cm³/mol. The van der Waals surface area contributed by atoms with Gasteiger partial charge in [0.2, 0.25) is 0 Å². The fraction of sp³-hybridized carbons (Fsp3) is 0.364. The van der Waals surface area contributed by atoms with E-state index in [4.69, 9.17) is 5.26 Å². The van der Waals surface area contributed by atoms with Crippen LogP contribution in [-0.2, 0) is 6.42 Å². The highest BCUT2D eigenvalue weighted by molar-refractivity contribution is 9.10. The highest BCUT2D eigenvalue weighted by atomic mass is 79.9. The van der Waals surface area contributed by atoms with Crippen LogP contribution in [0.4, 0.5) is 0 Å². The number of halogens is 1. The van der Waals surface area contributed by atoms with Crippen molar-refractivity contribution in [1.82, 2.24) is 0 Å². The van der Waals surface area contributed by atoms with Crippen molar-refractivity contribution >= 4 is 15.9 Å². The number of nitriles is 1. The summed E-state index contributed by atoms with van der Waals surface area (Å²) in [6.45, 7) is 2.05. The second-order valence-corrected chi connectivity index (χ2v) is 3.88. The first-order valence-corrected chi connectivity index (χ1v) is 5.20. The molecular weight excluding hydrogens is 226 g/mol. The monoisotopic (exact) mass is 237 g/mol. The Morgan fingerprint density at radius 2 is 2.15 bits per heavy atom. The molecule has 0 bridgehead atoms. The molecule has 1 rings (SSSR count). The van der Waals surface area contributed by atoms with Gasteiger partial charge < -0.3 is 0 Å². The minimum absolute atomic E-state index is 0.138. The number of nitrogens with zero attached hydrogens (tertiary/aromatic N) is 1. The third kappa shape index (κ3) is 2.86. The Morgan fingerprint density at radius 3 is 2.69 bits per heavy atom. The molecule has 13 heavy (non-hydrogen) atoms. The average Bonchev–Trinajstić information content (AvgIpc) is 2.17. The van der Waals surface area contributed by atoms with E-state index in [9.17, 15) is 0 Å². The summed E-state index contributed by atoms with van der Waals surface area (Å²) in [4.78, 5) is 0. The van der Waals surface area contributed by atoms with Gasteiger partial charge in [-0.3, -0.25) is 0 Å². The molecule has 0 aliphatic rings. The molecule has 0 radical (unpaired) electrons. The molecular formula is C11H12BrN. The van der Waals surface area contributed by atoms with E-state index in [1.165, 1.54) is 5.56 Å². The van der Waals surface area contributed by atoms with E-state index in [0.717, 1.165) is 17.3 Å². The average molecular weight is 238 g/mol. The minimum atomic E-state index is 0.138. The van der Waals surface area contributed by atoms with Crippen LogP contribution in [0.1, 0.15) is 18.9 Å². The summed E-state index contributed by atoms with van der Waals surface area (Å²) in [6.07, 6.45) is 1.76. The standard InChI is InChI=1S/C11H12BrN/c1-2-9(8-13)7-10-5-3-4-6-11(10)12/h3-6,9H,2,7H2,1H3. The van der Waals surface area contributed by atoms with Gasteiger partial charge in [0, 0.05) is 4.47 Å². The van der Waals surface area contributed by atoms with Gasteiger partial charge >= 0.3 is 0 Å². The summed E-state index contributed by atoms with van der Waals surface area (Å²) >= 11 is 3.47. The molecule has 0 spiro atoms. The lowest BCUT2D eigenvalue weighted by Gasteiger charge is -2.07. The van der Waals surface area contributed by atoms with Crippen LogP contribution < -0.4 is 0 Å². The second-order valence-electron chi connectivity index (χ2n) is 3.03. The molecule has 0 N–H and O–H groups in total. The molecule has 0 saturated heterocycles. The van der Waals surface area contributed by atoms with Crippen LogP contribution in [0.5, 0.6) is 0 Å². The molecule has 1 unspecified atom stereocenters. The summed E-state index contributed by atoms with van der Waals surface area (Å²) in [5, 5.41) is 8.81. The number of hydrogen-bond donors (Lipinski definition) is 0. The molecule has 1 aromatic rings. The van der Waals surface area contributed by atoms with E-state index < -0.39 is 0 Å². The first kappa shape index (κ1) is 10.3. The molecule has 0 fully saturated rings. The quantitative estimate of drug-likeness (QED) is 0.790. The van der Waals surface area contributed by atoms with Gasteiger partial charge in [-0.05, 0) is 24.5 Å². The van der Waals surface area contributed by atoms with Crippen molar-refractivity contribution < 1.29 is 0 Å². The van der Waals surface area contributed by atoms with Gasteiger partial charge in [0.25, 0.3) is 0 Å². The van der Waals surface area contributed by atoms with Crippen LogP contribution in [0.3, 0.4) is 0 Å². The predicted octanol–water partition coefficient (Wildman–Crippen LogP) is 3.54. The Hall–Kier alpha value is -0.810. The van der Waals surface area contributed by atoms with Crippen LogP contribution in [0.2, 0.25) is 0 Å². The van der Waals surface area contributed by atoms with Crippen molar-refractivity contribution in [2.45, 2.75) is 19.8 Å². The van der Waals surface area contributed by atoms with Gasteiger partial charge in [-0.25, -0.2) is 0 Å². The van der Waals surface area contributed by atoms with E-state index >= 15 is 0 Å². The lowest BCUT2D eigenvalue weighted by atomic mass is 9.99. The van der Waals surface area contributed by atoms with E-state index in [1.54, 1.807) is 0 Å². The topological polar surface area (TPSA) is 23.8 Å². The lowest BCUT2D eigenvalue weighted by molar-refractivity contribution is 0.637. The van der Waals surface area contributed by atoms with Crippen LogP contribution in [0.25, 0.3) is 0 Å². The summed E-state index contributed by atoms with van der Waals surface area (Å²) in [6, 6.07) is 10.4. The zero-order valence-corrected chi connectivity index (χ0v) is 9.21. The third-order valence-corrected chi connectivity index (χ3v) is 2.87. The molecule has 2 heteroatoms. The molecule has 68 valence electrons. The molecule has 1 nitrogen and oxygen atoms in total. The molecule has 0 saturated carbocycles. The maximum Gasteiger partial charge on any atom is 0.0659 e. The zero-order valence-electron chi connectivity index (χ0n) is 7.63. The largest absolute Gasteiger partial charge is 0.198 e. The molecule has 0 aliphatic carbocycles. The van der Waals surface area contributed by atoms with Crippen LogP contribution in [0, 0.1) is 17.2 Å². The van der Waals surface area contributed by atoms with E-state index in [2.05, 4.69) is 28.1 Å². The van der Waals surface area contributed by atoms with Gasteiger partial charge in [-0.15, -0.1) is 0 Å². The third-order valence-electron chi connectivity index (χ3n) is 2.10. The summed E-state index contributed by atoms with van der Waals surface area (Å²) < 4.78 is 1.10. The van der Waals surface area contributed by atoms with Crippen molar-refractivity contribution in [2.75, 3.05) is 0 Å². The van der Waals surface area contributed by atoms with E-state index in [0.29, 0.717) is 0 Å². The fourth-order valence-corrected chi connectivity index (χ4v) is 1.66. The zero-order chi connectivity index (χ0) is 9.68. The van der Waals surface area contributed by atoms with Crippen molar-refractivity contribution in [3.05, 3.63) is 34.3 Å². The number of rotatable bonds is 3. The van der Waals surface area contributed by atoms with Gasteiger partial charge in [0.1, 0.15) is 0 Å². The maximum absolute atomic E-state index is 8.81. The van der Waals surface area contributed by atoms with Gasteiger partial charge in [-0.2, -0.15) is 5.26 Å². The molecule has 1 aromatic carbocycles. The Bertz CT molecular complexity index is 314. The molecule has 0 amide bonds. The van der Waals surface area contributed by atoms with E-state index in [-0.39, 0.29) is 5.92 Å². The van der Waals surface area contributed by atoms with Crippen molar-refractivity contribution in [3.8, 4) is 6.07 Å². The number of benzene rings is 1. The first-order chi connectivity index (χ1) is 6.27. The minimum Gasteiger partial charge on any atom is -0.198 e. The lowest BCUT2D eigenvalue weighted by Crippen LogP contribution is -2.00. The summed E-state index contributed by atoms with van der Waals surface area (Å²) in [5.41, 5.74) is 1.22. The summed E-state index contributed by atoms with van der Waals surface area (Å²) in [5.74, 6) is 0.138. The Morgan fingerprint density at radius 1 is 1.46 bits per heavy atom. The first-order valence-electron chi connectivity index (χ1n) is 4.41. The van der Waals surface area contributed by atoms with Gasteiger partial charge in [-0.1, -0.05) is 41.1 Å². The normalized spacial score (nSPS) is 12.1. The summed E-state index contributed by atoms with van der Waals surface area (Å²) in [7, 11) is 0. The highest BCUT2D eigenvalue weighted by Crippen LogP contribution is 2.20. The molecule has 1 atom stereocenters. The van der Waals surface area contributed by atoms with Crippen molar-refractivity contribution in [1.29, 1.82) is 5.26 Å².